The number of aryl methyl sites for hydroxylation is 1. The second-order valence-electron chi connectivity index (χ2n) is 4.53. The van der Waals surface area contributed by atoms with Crippen molar-refractivity contribution >= 4 is 5.69 Å². The number of aromatic nitrogens is 1. The lowest BCUT2D eigenvalue weighted by molar-refractivity contribution is 0.414. The van der Waals surface area contributed by atoms with Crippen LogP contribution in [0.15, 0.2) is 12.3 Å². The maximum atomic E-state index is 5.28. The smallest absolute Gasteiger partial charge is 0.160 e. The molecule has 1 aromatic heterocycles. The van der Waals surface area contributed by atoms with Gasteiger partial charge in [0.1, 0.15) is 0 Å². The summed E-state index contributed by atoms with van der Waals surface area (Å²) in [6.07, 6.45) is 5.53. The third-order valence-corrected chi connectivity index (χ3v) is 3.19. The highest BCUT2D eigenvalue weighted by Gasteiger charge is 2.13. The van der Waals surface area contributed by atoms with Gasteiger partial charge in [0.25, 0.3) is 0 Å². The van der Waals surface area contributed by atoms with Crippen LogP contribution in [0.4, 0.5) is 5.69 Å². The maximum Gasteiger partial charge on any atom is 0.160 e. The van der Waals surface area contributed by atoms with Crippen molar-refractivity contribution in [1.29, 1.82) is 0 Å². The van der Waals surface area contributed by atoms with E-state index in [2.05, 4.69) is 15.6 Å². The zero-order valence-corrected chi connectivity index (χ0v) is 10.6. The Balaban J connectivity index is 1.86. The Morgan fingerprint density at radius 1 is 1.59 bits per heavy atom. The zero-order valence-electron chi connectivity index (χ0n) is 10.6. The number of nitrogens with zero attached hydrogens (tertiary/aromatic N) is 1. The van der Waals surface area contributed by atoms with E-state index < -0.39 is 0 Å². The summed E-state index contributed by atoms with van der Waals surface area (Å²) in [7, 11) is 1.68. The molecule has 1 saturated heterocycles. The van der Waals surface area contributed by atoms with Gasteiger partial charge in [-0.15, -0.1) is 0 Å². The molecule has 4 nitrogen and oxygen atoms in total. The molecule has 1 fully saturated rings. The topological polar surface area (TPSA) is 46.2 Å². The first-order valence-electron chi connectivity index (χ1n) is 6.27. The van der Waals surface area contributed by atoms with E-state index in [1.807, 2.05) is 13.0 Å². The first-order valence-corrected chi connectivity index (χ1v) is 6.27. The molecule has 2 rings (SSSR count). The van der Waals surface area contributed by atoms with Crippen molar-refractivity contribution < 1.29 is 4.74 Å². The van der Waals surface area contributed by atoms with E-state index in [1.54, 1.807) is 13.3 Å². The molecular formula is C13H21N3O. The first kappa shape index (κ1) is 12.2. The van der Waals surface area contributed by atoms with Crippen LogP contribution in [0.3, 0.4) is 0 Å². The normalized spacial score (nSPS) is 19.3. The Labute approximate surface area is 103 Å². The molecule has 2 heterocycles. The molecule has 0 saturated carbocycles. The predicted molar refractivity (Wildman–Crippen MR) is 69.7 cm³/mol. The van der Waals surface area contributed by atoms with Crippen molar-refractivity contribution in [2.24, 2.45) is 0 Å². The highest BCUT2D eigenvalue weighted by atomic mass is 16.5. The minimum absolute atomic E-state index is 0.677. The molecule has 0 bridgehead atoms. The molecule has 1 atom stereocenters. The first-order chi connectivity index (χ1) is 8.29. The third kappa shape index (κ3) is 3.33. The largest absolute Gasteiger partial charge is 0.493 e. The van der Waals surface area contributed by atoms with Crippen LogP contribution >= 0.6 is 0 Å². The molecule has 1 aliphatic heterocycles. The maximum absolute atomic E-state index is 5.28. The van der Waals surface area contributed by atoms with E-state index >= 15 is 0 Å². The number of methoxy groups -OCH3 is 1. The third-order valence-electron chi connectivity index (χ3n) is 3.19. The Bertz CT molecular complexity index is 362. The molecule has 0 aromatic carbocycles. The van der Waals surface area contributed by atoms with Crippen LogP contribution in [0.25, 0.3) is 0 Å². The molecule has 94 valence electrons. The van der Waals surface area contributed by atoms with Crippen molar-refractivity contribution in [1.82, 2.24) is 10.3 Å². The van der Waals surface area contributed by atoms with Crippen molar-refractivity contribution in [3.05, 3.63) is 18.0 Å². The molecule has 0 spiro atoms. The Hall–Kier alpha value is -1.29. The fourth-order valence-electron chi connectivity index (χ4n) is 2.23. The van der Waals surface area contributed by atoms with E-state index in [0.29, 0.717) is 6.04 Å². The second kappa shape index (κ2) is 5.87. The lowest BCUT2D eigenvalue weighted by atomic mass is 10.1. The van der Waals surface area contributed by atoms with Crippen molar-refractivity contribution in [3.63, 3.8) is 0 Å². The Kier molecular flexibility index (Phi) is 4.20. The fourth-order valence-corrected chi connectivity index (χ4v) is 2.23. The number of pyridine rings is 1. The van der Waals surface area contributed by atoms with Gasteiger partial charge in [-0.1, -0.05) is 0 Å². The van der Waals surface area contributed by atoms with E-state index in [1.165, 1.54) is 19.4 Å². The number of ether oxygens (including phenoxy) is 1. The van der Waals surface area contributed by atoms with Crippen LogP contribution in [0.5, 0.6) is 5.75 Å². The van der Waals surface area contributed by atoms with Gasteiger partial charge in [-0.05, 0) is 38.8 Å². The number of rotatable bonds is 5. The summed E-state index contributed by atoms with van der Waals surface area (Å²) >= 11 is 0. The van der Waals surface area contributed by atoms with Gasteiger partial charge >= 0.3 is 0 Å². The summed E-state index contributed by atoms with van der Waals surface area (Å²) in [5.41, 5.74) is 2.05. The van der Waals surface area contributed by atoms with Crippen molar-refractivity contribution in [2.45, 2.75) is 32.2 Å². The molecule has 4 heteroatoms. The fraction of sp³-hybridized carbons (Fsp3) is 0.615. The molecule has 2 N–H and O–H groups in total. The van der Waals surface area contributed by atoms with Crippen LogP contribution in [-0.2, 0) is 0 Å². The van der Waals surface area contributed by atoms with Crippen LogP contribution in [0, 0.1) is 6.92 Å². The average Bonchev–Trinajstić information content (AvgIpc) is 2.82. The van der Waals surface area contributed by atoms with Crippen LogP contribution < -0.4 is 15.4 Å². The highest BCUT2D eigenvalue weighted by molar-refractivity contribution is 5.55. The molecule has 1 unspecified atom stereocenters. The quantitative estimate of drug-likeness (QED) is 0.819. The summed E-state index contributed by atoms with van der Waals surface area (Å²) in [5, 5.41) is 6.93. The molecule has 0 amide bonds. The molecule has 17 heavy (non-hydrogen) atoms. The summed E-state index contributed by atoms with van der Waals surface area (Å²) in [6, 6.07) is 2.71. The van der Waals surface area contributed by atoms with E-state index in [-0.39, 0.29) is 0 Å². The van der Waals surface area contributed by atoms with E-state index in [9.17, 15) is 0 Å². The number of nitrogens with one attached hydrogen (secondary N) is 2. The minimum atomic E-state index is 0.677. The van der Waals surface area contributed by atoms with Gasteiger partial charge in [0.2, 0.25) is 0 Å². The predicted octanol–water partition coefficient (Wildman–Crippen LogP) is 1.95. The molecule has 1 aromatic rings. The monoisotopic (exact) mass is 235 g/mol. The number of hydrogen-bond donors (Lipinski definition) is 2. The van der Waals surface area contributed by atoms with Crippen molar-refractivity contribution in [2.75, 3.05) is 25.5 Å². The lowest BCUT2D eigenvalue weighted by Crippen LogP contribution is -2.24. The van der Waals surface area contributed by atoms with Gasteiger partial charge in [0, 0.05) is 18.3 Å². The lowest BCUT2D eigenvalue weighted by Gasteiger charge is -2.14. The second-order valence-corrected chi connectivity index (χ2v) is 4.53. The van der Waals surface area contributed by atoms with Crippen molar-refractivity contribution in [3.8, 4) is 5.75 Å². The standard InChI is InChI=1S/C13H21N3O/c1-10-8-12(13(17-2)9-16-10)15-7-5-11-4-3-6-14-11/h8-9,11,14H,3-7H2,1-2H3,(H,15,16). The molecular weight excluding hydrogens is 214 g/mol. The average molecular weight is 235 g/mol. The Morgan fingerprint density at radius 2 is 2.47 bits per heavy atom. The zero-order chi connectivity index (χ0) is 12.1. The molecule has 0 radical (unpaired) electrons. The van der Waals surface area contributed by atoms with Gasteiger partial charge in [-0.25, -0.2) is 0 Å². The van der Waals surface area contributed by atoms with Gasteiger partial charge in [-0.3, -0.25) is 4.98 Å². The van der Waals surface area contributed by atoms with Gasteiger partial charge < -0.3 is 15.4 Å². The Morgan fingerprint density at radius 3 is 3.18 bits per heavy atom. The minimum Gasteiger partial charge on any atom is -0.493 e. The highest BCUT2D eigenvalue weighted by Crippen LogP contribution is 2.23. The van der Waals surface area contributed by atoms with E-state index in [4.69, 9.17) is 4.74 Å². The van der Waals surface area contributed by atoms with E-state index in [0.717, 1.165) is 30.1 Å². The summed E-state index contributed by atoms with van der Waals surface area (Å²) in [6.45, 7) is 4.13. The summed E-state index contributed by atoms with van der Waals surface area (Å²) in [5.74, 6) is 0.815. The summed E-state index contributed by atoms with van der Waals surface area (Å²) < 4.78 is 5.28. The molecule has 1 aliphatic rings. The van der Waals surface area contributed by atoms with Gasteiger partial charge in [0.05, 0.1) is 19.0 Å². The van der Waals surface area contributed by atoms with Crippen LogP contribution in [0.1, 0.15) is 25.0 Å². The summed E-state index contributed by atoms with van der Waals surface area (Å²) in [4.78, 5) is 4.22. The van der Waals surface area contributed by atoms with Crippen LogP contribution in [-0.4, -0.2) is 31.2 Å². The van der Waals surface area contributed by atoms with Gasteiger partial charge in [0.15, 0.2) is 5.75 Å². The van der Waals surface area contributed by atoms with Crippen LogP contribution in [0.2, 0.25) is 0 Å². The van der Waals surface area contributed by atoms with Gasteiger partial charge in [-0.2, -0.15) is 0 Å². The molecule has 0 aliphatic carbocycles. The number of hydrogen-bond acceptors (Lipinski definition) is 4. The number of anilines is 1. The SMILES string of the molecule is COc1cnc(C)cc1NCCC1CCCN1.